The van der Waals surface area contributed by atoms with E-state index in [1.165, 1.54) is 63.7 Å². The van der Waals surface area contributed by atoms with Crippen molar-refractivity contribution in [2.24, 2.45) is 0 Å². The molecule has 38 heavy (non-hydrogen) atoms. The summed E-state index contributed by atoms with van der Waals surface area (Å²) in [6.45, 7) is 0. The molecule has 0 saturated carbocycles. The van der Waals surface area contributed by atoms with Crippen LogP contribution in [0.1, 0.15) is 20.7 Å². The average Bonchev–Trinajstić information content (AvgIpc) is 3.28. The molecule has 0 fully saturated rings. The van der Waals surface area contributed by atoms with Crippen LogP contribution in [0.15, 0.2) is 59.0 Å². The number of hydrogen-bond donors (Lipinski definition) is 1. The zero-order valence-electron chi connectivity index (χ0n) is 20.5. The summed E-state index contributed by atoms with van der Waals surface area (Å²) in [5.41, 5.74) is 1.76. The molecular formula is C27H22AsF4NO5. The fourth-order valence-corrected chi connectivity index (χ4v) is 6.19. The standard InChI is InChI=1S/C27H22AsF4NO5/c1-33-25(34)23-18-11-17(15-6-9-21(36-2)19(10-15)26(35)37-3)20(28-13-27(30,31)32)12-22(18)38-24(23)14-4-7-16(29)8-5-14/h4-12,28H,13H2,1-3H3,(H,33,34). The van der Waals surface area contributed by atoms with Crippen LogP contribution in [0.5, 0.6) is 5.75 Å². The van der Waals surface area contributed by atoms with Gasteiger partial charge in [0.1, 0.15) is 0 Å². The van der Waals surface area contributed by atoms with E-state index in [4.69, 9.17) is 13.9 Å². The van der Waals surface area contributed by atoms with Crippen molar-refractivity contribution in [1.29, 1.82) is 0 Å². The van der Waals surface area contributed by atoms with Crippen molar-refractivity contribution in [2.45, 2.75) is 11.4 Å². The number of fused-ring (bicyclic) bond motifs is 1. The van der Waals surface area contributed by atoms with E-state index in [9.17, 15) is 27.2 Å². The Balaban J connectivity index is 2.00. The van der Waals surface area contributed by atoms with Crippen LogP contribution in [0, 0.1) is 5.82 Å². The number of alkyl halides is 3. The predicted molar refractivity (Wildman–Crippen MR) is 136 cm³/mol. The molecule has 1 unspecified atom stereocenters. The van der Waals surface area contributed by atoms with Gasteiger partial charge in [0, 0.05) is 0 Å². The molecule has 4 aromatic rings. The first kappa shape index (κ1) is 27.3. The number of carbonyl (C=O) groups excluding carboxylic acids is 2. The van der Waals surface area contributed by atoms with Crippen molar-refractivity contribution in [3.05, 3.63) is 71.5 Å². The van der Waals surface area contributed by atoms with E-state index in [0.717, 1.165) is 0 Å². The van der Waals surface area contributed by atoms with Crippen molar-refractivity contribution < 1.29 is 41.0 Å². The Labute approximate surface area is 221 Å². The number of ether oxygens (including phenoxy) is 2. The summed E-state index contributed by atoms with van der Waals surface area (Å²) in [5, 5.41) is 1.94. The van der Waals surface area contributed by atoms with Gasteiger partial charge in [0.15, 0.2) is 0 Å². The van der Waals surface area contributed by atoms with E-state index in [1.54, 1.807) is 12.1 Å². The maximum absolute atomic E-state index is 13.5. The van der Waals surface area contributed by atoms with E-state index in [0.29, 0.717) is 26.4 Å². The Morgan fingerprint density at radius 1 is 1.00 bits per heavy atom. The van der Waals surface area contributed by atoms with Crippen LogP contribution in [0.4, 0.5) is 17.6 Å². The number of esters is 1. The van der Waals surface area contributed by atoms with Gasteiger partial charge >= 0.3 is 222 Å². The molecule has 0 bridgehead atoms. The number of carbonyl (C=O) groups is 2. The van der Waals surface area contributed by atoms with Crippen LogP contribution < -0.4 is 14.4 Å². The van der Waals surface area contributed by atoms with Crippen LogP contribution in [0.2, 0.25) is 5.21 Å². The summed E-state index contributed by atoms with van der Waals surface area (Å²) in [6.07, 6.45) is -4.36. The Kier molecular flexibility index (Phi) is 7.83. The molecule has 1 aromatic heterocycles. The van der Waals surface area contributed by atoms with Gasteiger partial charge in [0.25, 0.3) is 0 Å². The van der Waals surface area contributed by atoms with E-state index in [2.05, 4.69) is 5.32 Å². The van der Waals surface area contributed by atoms with E-state index in [-0.39, 0.29) is 28.2 Å². The van der Waals surface area contributed by atoms with Gasteiger partial charge in [-0.25, -0.2) is 0 Å². The zero-order valence-corrected chi connectivity index (χ0v) is 22.6. The van der Waals surface area contributed by atoms with Gasteiger partial charge in [-0.3, -0.25) is 0 Å². The number of amides is 1. The van der Waals surface area contributed by atoms with Crippen LogP contribution >= 0.6 is 0 Å². The first-order valence-corrected chi connectivity index (χ1v) is 13.8. The second-order valence-electron chi connectivity index (χ2n) is 8.16. The number of benzene rings is 3. The minimum atomic E-state index is -4.36. The van der Waals surface area contributed by atoms with Gasteiger partial charge in [-0.2, -0.15) is 0 Å². The Hall–Kier alpha value is -3.78. The third-order valence-corrected chi connectivity index (χ3v) is 8.66. The normalized spacial score (nSPS) is 11.8. The molecule has 0 aliphatic heterocycles. The van der Waals surface area contributed by atoms with E-state index < -0.39 is 44.8 Å². The quantitative estimate of drug-likeness (QED) is 0.184. The molecule has 6 nitrogen and oxygen atoms in total. The van der Waals surface area contributed by atoms with Crippen LogP contribution in [-0.2, 0) is 4.74 Å². The van der Waals surface area contributed by atoms with E-state index in [1.807, 2.05) is 0 Å². The minimum absolute atomic E-state index is 0.0973. The SMILES string of the molecule is CNC(=O)c1c(-c2ccc(F)cc2)oc2cc([AsH]CC(F)(F)F)c(-c3ccc(OC)c(C(=O)OC)c3)cc12. The van der Waals surface area contributed by atoms with Crippen molar-refractivity contribution in [3.63, 3.8) is 0 Å². The fraction of sp³-hybridized carbons (Fsp3) is 0.185. The van der Waals surface area contributed by atoms with Gasteiger partial charge in [-0.1, -0.05) is 0 Å². The number of methoxy groups -OCH3 is 2. The molecule has 0 saturated heterocycles. The fourth-order valence-electron chi connectivity index (χ4n) is 4.02. The number of hydrogen-bond acceptors (Lipinski definition) is 5. The van der Waals surface area contributed by atoms with Gasteiger partial charge < -0.3 is 0 Å². The van der Waals surface area contributed by atoms with Crippen molar-refractivity contribution in [1.82, 2.24) is 5.32 Å². The maximum atomic E-state index is 13.5. The molecule has 198 valence electrons. The molecule has 1 amide bonds. The summed E-state index contributed by atoms with van der Waals surface area (Å²) >= 11 is -1.75. The molecular weight excluding hydrogens is 569 g/mol. The van der Waals surface area contributed by atoms with Crippen LogP contribution in [-0.4, -0.2) is 55.1 Å². The van der Waals surface area contributed by atoms with Crippen LogP contribution in [0.25, 0.3) is 33.4 Å². The number of nitrogens with one attached hydrogen (secondary N) is 1. The van der Waals surface area contributed by atoms with Crippen molar-refractivity contribution in [2.75, 3.05) is 21.3 Å². The first-order chi connectivity index (χ1) is 18.1. The molecule has 0 aliphatic carbocycles. The van der Waals surface area contributed by atoms with Gasteiger partial charge in [-0.15, -0.1) is 0 Å². The predicted octanol–water partition coefficient (Wildman–Crippen LogP) is 5.10. The van der Waals surface area contributed by atoms with Crippen molar-refractivity contribution in [3.8, 4) is 28.2 Å². The summed E-state index contributed by atoms with van der Waals surface area (Å²) in [5.74, 6) is -1.25. The average molecular weight is 591 g/mol. The van der Waals surface area contributed by atoms with Gasteiger partial charge in [0.05, 0.1) is 0 Å². The zero-order chi connectivity index (χ0) is 27.6. The Morgan fingerprint density at radius 3 is 2.29 bits per heavy atom. The third kappa shape index (κ3) is 5.55. The molecule has 11 heteroatoms. The van der Waals surface area contributed by atoms with Gasteiger partial charge in [-0.05, 0) is 0 Å². The molecule has 4 rings (SSSR count). The molecule has 0 spiro atoms. The topological polar surface area (TPSA) is 77.8 Å². The Morgan fingerprint density at radius 2 is 1.68 bits per heavy atom. The van der Waals surface area contributed by atoms with Crippen LogP contribution in [0.3, 0.4) is 0 Å². The monoisotopic (exact) mass is 591 g/mol. The second-order valence-corrected chi connectivity index (χ2v) is 10.8. The molecule has 3 aromatic carbocycles. The molecule has 1 N–H and O–H groups in total. The molecule has 1 atom stereocenters. The number of furan rings is 1. The number of halogens is 4. The number of rotatable bonds is 7. The molecule has 0 aliphatic rings. The van der Waals surface area contributed by atoms with Gasteiger partial charge in [0.2, 0.25) is 0 Å². The van der Waals surface area contributed by atoms with E-state index >= 15 is 0 Å². The first-order valence-electron chi connectivity index (χ1n) is 11.2. The summed E-state index contributed by atoms with van der Waals surface area (Å²) < 4.78 is 69.7. The van der Waals surface area contributed by atoms with Crippen molar-refractivity contribution >= 4 is 42.9 Å². The second kappa shape index (κ2) is 10.9. The molecule has 1 heterocycles. The summed E-state index contributed by atoms with van der Waals surface area (Å²) in [7, 11) is 4.03. The Bertz CT molecular complexity index is 1510. The third-order valence-electron chi connectivity index (χ3n) is 5.78. The summed E-state index contributed by atoms with van der Waals surface area (Å²) in [4.78, 5) is 25.3. The molecule has 0 radical (unpaired) electrons. The summed E-state index contributed by atoms with van der Waals surface area (Å²) in [6, 6.07) is 13.1.